The van der Waals surface area contributed by atoms with E-state index in [2.05, 4.69) is 16.8 Å². The molecule has 0 aromatic rings. The van der Waals surface area contributed by atoms with Crippen LogP contribution in [0, 0.1) is 0 Å². The van der Waals surface area contributed by atoms with Crippen molar-refractivity contribution in [2.75, 3.05) is 27.2 Å². The Labute approximate surface area is 91.9 Å². The zero-order valence-corrected chi connectivity index (χ0v) is 10.2. The monoisotopic (exact) mass is 214 g/mol. The van der Waals surface area contributed by atoms with Gasteiger partial charge in [-0.3, -0.25) is 9.69 Å². The summed E-state index contributed by atoms with van der Waals surface area (Å²) in [5, 5.41) is 8.86. The second-order valence-electron chi connectivity index (χ2n) is 5.20. The summed E-state index contributed by atoms with van der Waals surface area (Å²) >= 11 is 0. The van der Waals surface area contributed by atoms with E-state index in [1.165, 1.54) is 0 Å². The summed E-state index contributed by atoms with van der Waals surface area (Å²) in [7, 11) is 4.14. The van der Waals surface area contributed by atoms with Crippen LogP contribution in [0.15, 0.2) is 0 Å². The smallest absolute Gasteiger partial charge is 0.305 e. The van der Waals surface area contributed by atoms with Gasteiger partial charge in [0.25, 0.3) is 0 Å². The molecule has 1 fully saturated rings. The SMILES string of the molecule is CN1CCC(N(C)C(C)(C)CC(=O)O)C1. The van der Waals surface area contributed by atoms with Crippen LogP contribution in [0.25, 0.3) is 0 Å². The summed E-state index contributed by atoms with van der Waals surface area (Å²) in [6.07, 6.45) is 1.33. The third kappa shape index (κ3) is 3.18. The zero-order valence-electron chi connectivity index (χ0n) is 10.2. The van der Waals surface area contributed by atoms with Gasteiger partial charge in [0.2, 0.25) is 0 Å². The summed E-state index contributed by atoms with van der Waals surface area (Å²) in [6.45, 7) is 6.15. The minimum atomic E-state index is -0.724. The lowest BCUT2D eigenvalue weighted by Crippen LogP contribution is -2.49. The molecular weight excluding hydrogens is 192 g/mol. The van der Waals surface area contributed by atoms with Crippen LogP contribution in [0.2, 0.25) is 0 Å². The number of aliphatic carboxylic acids is 1. The van der Waals surface area contributed by atoms with Gasteiger partial charge in [-0.2, -0.15) is 0 Å². The van der Waals surface area contributed by atoms with Gasteiger partial charge < -0.3 is 10.0 Å². The number of carboxylic acids is 1. The Hall–Kier alpha value is -0.610. The van der Waals surface area contributed by atoms with Gasteiger partial charge in [-0.1, -0.05) is 0 Å². The van der Waals surface area contributed by atoms with Crippen molar-refractivity contribution in [1.82, 2.24) is 9.80 Å². The van der Waals surface area contributed by atoms with E-state index in [0.717, 1.165) is 19.5 Å². The van der Waals surface area contributed by atoms with Crippen LogP contribution < -0.4 is 0 Å². The van der Waals surface area contributed by atoms with Crippen LogP contribution in [0.4, 0.5) is 0 Å². The maximum atomic E-state index is 10.8. The van der Waals surface area contributed by atoms with Gasteiger partial charge in [-0.05, 0) is 40.9 Å². The fraction of sp³-hybridized carbons (Fsp3) is 0.909. The van der Waals surface area contributed by atoms with Crippen molar-refractivity contribution in [1.29, 1.82) is 0 Å². The number of rotatable bonds is 4. The molecule has 4 nitrogen and oxygen atoms in total. The molecule has 0 bridgehead atoms. The topological polar surface area (TPSA) is 43.8 Å². The van der Waals surface area contributed by atoms with Gasteiger partial charge in [-0.15, -0.1) is 0 Å². The molecule has 0 radical (unpaired) electrons. The van der Waals surface area contributed by atoms with Crippen molar-refractivity contribution in [2.24, 2.45) is 0 Å². The average Bonchev–Trinajstić information content (AvgIpc) is 2.48. The van der Waals surface area contributed by atoms with Gasteiger partial charge in [-0.25, -0.2) is 0 Å². The first kappa shape index (κ1) is 12.5. The van der Waals surface area contributed by atoms with E-state index in [4.69, 9.17) is 5.11 Å². The van der Waals surface area contributed by atoms with Crippen molar-refractivity contribution in [3.05, 3.63) is 0 Å². The highest BCUT2D eigenvalue weighted by Crippen LogP contribution is 2.24. The summed E-state index contributed by atoms with van der Waals surface area (Å²) in [4.78, 5) is 15.3. The summed E-state index contributed by atoms with van der Waals surface area (Å²) in [5.41, 5.74) is -0.262. The summed E-state index contributed by atoms with van der Waals surface area (Å²) < 4.78 is 0. The minimum absolute atomic E-state index is 0.198. The zero-order chi connectivity index (χ0) is 11.6. The van der Waals surface area contributed by atoms with Crippen molar-refractivity contribution in [2.45, 2.75) is 38.3 Å². The molecular formula is C11H22N2O2. The molecule has 1 unspecified atom stereocenters. The lowest BCUT2D eigenvalue weighted by atomic mass is 9.96. The molecule has 4 heteroatoms. The first-order valence-corrected chi connectivity index (χ1v) is 5.46. The number of hydrogen-bond acceptors (Lipinski definition) is 3. The molecule has 0 saturated carbocycles. The minimum Gasteiger partial charge on any atom is -0.481 e. The van der Waals surface area contributed by atoms with E-state index >= 15 is 0 Å². The molecule has 0 aromatic carbocycles. The molecule has 15 heavy (non-hydrogen) atoms. The van der Waals surface area contributed by atoms with Crippen LogP contribution in [0.1, 0.15) is 26.7 Å². The molecule has 1 atom stereocenters. The second-order valence-corrected chi connectivity index (χ2v) is 5.20. The molecule has 1 heterocycles. The Morgan fingerprint density at radius 2 is 2.20 bits per heavy atom. The molecule has 0 spiro atoms. The van der Waals surface area contributed by atoms with E-state index in [-0.39, 0.29) is 12.0 Å². The van der Waals surface area contributed by atoms with Gasteiger partial charge in [0.05, 0.1) is 6.42 Å². The highest BCUT2D eigenvalue weighted by molar-refractivity contribution is 5.68. The fourth-order valence-corrected chi connectivity index (χ4v) is 2.22. The Balaban J connectivity index is 2.58. The number of nitrogens with zero attached hydrogens (tertiary/aromatic N) is 2. The number of hydrogen-bond donors (Lipinski definition) is 1. The van der Waals surface area contributed by atoms with Gasteiger partial charge in [0.1, 0.15) is 0 Å². The van der Waals surface area contributed by atoms with E-state index in [1.807, 2.05) is 20.9 Å². The summed E-state index contributed by atoms with van der Waals surface area (Å²) in [6, 6.07) is 0.490. The molecule has 0 aromatic heterocycles. The third-order valence-electron chi connectivity index (χ3n) is 3.45. The Morgan fingerprint density at radius 1 is 1.60 bits per heavy atom. The van der Waals surface area contributed by atoms with Crippen LogP contribution in [0.3, 0.4) is 0 Å². The second kappa shape index (κ2) is 4.49. The van der Waals surface area contributed by atoms with Crippen LogP contribution in [-0.4, -0.2) is 59.6 Å². The largest absolute Gasteiger partial charge is 0.481 e. The number of carbonyl (C=O) groups is 1. The third-order valence-corrected chi connectivity index (χ3v) is 3.45. The van der Waals surface area contributed by atoms with Crippen molar-refractivity contribution >= 4 is 5.97 Å². The number of carboxylic acid groups (broad SMARTS) is 1. The van der Waals surface area contributed by atoms with Crippen molar-refractivity contribution in [3.63, 3.8) is 0 Å². The molecule has 1 aliphatic rings. The normalized spacial score (nSPS) is 23.7. The Bertz CT molecular complexity index is 241. The van der Waals surface area contributed by atoms with Gasteiger partial charge >= 0.3 is 5.97 Å². The van der Waals surface area contributed by atoms with E-state index in [1.54, 1.807) is 0 Å². The predicted octanol–water partition coefficient (Wildman–Crippen LogP) is 0.876. The first-order valence-electron chi connectivity index (χ1n) is 5.46. The lowest BCUT2D eigenvalue weighted by Gasteiger charge is -2.38. The molecule has 0 aliphatic carbocycles. The van der Waals surface area contributed by atoms with Gasteiger partial charge in [0, 0.05) is 18.1 Å². The van der Waals surface area contributed by atoms with E-state index < -0.39 is 5.97 Å². The highest BCUT2D eigenvalue weighted by atomic mass is 16.4. The first-order chi connectivity index (χ1) is 6.83. The molecule has 0 amide bonds. The van der Waals surface area contributed by atoms with Crippen LogP contribution in [0.5, 0.6) is 0 Å². The highest BCUT2D eigenvalue weighted by Gasteiger charge is 2.34. The van der Waals surface area contributed by atoms with Crippen LogP contribution >= 0.6 is 0 Å². The lowest BCUT2D eigenvalue weighted by molar-refractivity contribution is -0.140. The molecule has 88 valence electrons. The maximum absolute atomic E-state index is 10.8. The van der Waals surface area contributed by atoms with Crippen molar-refractivity contribution < 1.29 is 9.90 Å². The molecule has 1 N–H and O–H groups in total. The molecule has 1 saturated heterocycles. The molecule has 1 aliphatic heterocycles. The summed E-state index contributed by atoms with van der Waals surface area (Å²) in [5.74, 6) is -0.724. The van der Waals surface area contributed by atoms with Crippen molar-refractivity contribution in [3.8, 4) is 0 Å². The quantitative estimate of drug-likeness (QED) is 0.754. The molecule has 1 rings (SSSR count). The standard InChI is InChI=1S/C11H22N2O2/c1-11(2,7-10(14)15)13(4)9-5-6-12(3)8-9/h9H,5-8H2,1-4H3,(H,14,15). The van der Waals surface area contributed by atoms with Gasteiger partial charge in [0.15, 0.2) is 0 Å². The van der Waals surface area contributed by atoms with E-state index in [9.17, 15) is 4.79 Å². The number of likely N-dealkylation sites (N-methyl/N-ethyl adjacent to an activating group) is 2. The van der Waals surface area contributed by atoms with E-state index in [0.29, 0.717) is 6.04 Å². The predicted molar refractivity (Wildman–Crippen MR) is 60.0 cm³/mol. The Morgan fingerprint density at radius 3 is 2.60 bits per heavy atom. The average molecular weight is 214 g/mol. The fourth-order valence-electron chi connectivity index (χ4n) is 2.22. The Kier molecular flexibility index (Phi) is 3.73. The van der Waals surface area contributed by atoms with Crippen LogP contribution in [-0.2, 0) is 4.79 Å². The number of likely N-dealkylation sites (tertiary alicyclic amines) is 1. The maximum Gasteiger partial charge on any atom is 0.305 e.